The molecule has 0 radical (unpaired) electrons. The molecule has 0 fully saturated rings. The quantitative estimate of drug-likeness (QED) is 0.593. The van der Waals surface area contributed by atoms with Crippen molar-refractivity contribution in [1.82, 2.24) is 4.98 Å². The van der Waals surface area contributed by atoms with E-state index in [4.69, 9.17) is 32.7 Å². The van der Waals surface area contributed by atoms with Crippen LogP contribution in [0.5, 0.6) is 5.75 Å². The summed E-state index contributed by atoms with van der Waals surface area (Å²) < 4.78 is 9.98. The zero-order chi connectivity index (χ0) is 19.1. The summed E-state index contributed by atoms with van der Waals surface area (Å²) in [7, 11) is 1.55. The number of hydrogen-bond donors (Lipinski definition) is 1. The standard InChI is InChI=1S/C18H16Cl2N2O4/c1-11-14(19)9-21-18(17(11)20)22-15(23)10-26-16(24)7-6-12-4-3-5-13(8-12)25-2/h3-9H,10H2,1-2H3,(H,21,22,23). The summed E-state index contributed by atoms with van der Waals surface area (Å²) in [5, 5.41) is 3.09. The van der Waals surface area contributed by atoms with Crippen LogP contribution in [0.4, 0.5) is 5.82 Å². The lowest BCUT2D eigenvalue weighted by atomic mass is 10.2. The Labute approximate surface area is 160 Å². The molecule has 0 aliphatic rings. The van der Waals surface area contributed by atoms with Crippen molar-refractivity contribution in [1.29, 1.82) is 0 Å². The van der Waals surface area contributed by atoms with Crippen LogP contribution in [-0.2, 0) is 14.3 Å². The summed E-state index contributed by atoms with van der Waals surface area (Å²) >= 11 is 11.9. The minimum Gasteiger partial charge on any atom is -0.497 e. The van der Waals surface area contributed by atoms with Crippen LogP contribution in [0.3, 0.4) is 0 Å². The average molecular weight is 395 g/mol. The number of rotatable bonds is 6. The van der Waals surface area contributed by atoms with Crippen molar-refractivity contribution in [2.45, 2.75) is 6.92 Å². The van der Waals surface area contributed by atoms with E-state index in [9.17, 15) is 9.59 Å². The molecule has 0 saturated heterocycles. The van der Waals surface area contributed by atoms with Gasteiger partial charge in [0.25, 0.3) is 5.91 Å². The Bertz CT molecular complexity index is 853. The Balaban J connectivity index is 1.88. The van der Waals surface area contributed by atoms with Gasteiger partial charge in [0.1, 0.15) is 5.75 Å². The molecule has 0 unspecified atom stereocenters. The molecule has 26 heavy (non-hydrogen) atoms. The summed E-state index contributed by atoms with van der Waals surface area (Å²) in [4.78, 5) is 27.5. The Morgan fingerprint density at radius 1 is 1.31 bits per heavy atom. The Kier molecular flexibility index (Phi) is 7.00. The maximum atomic E-state index is 11.9. The van der Waals surface area contributed by atoms with Crippen molar-refractivity contribution < 1.29 is 19.1 Å². The van der Waals surface area contributed by atoms with E-state index in [0.29, 0.717) is 16.3 Å². The van der Waals surface area contributed by atoms with Crippen molar-refractivity contribution >= 4 is 47.0 Å². The highest BCUT2D eigenvalue weighted by molar-refractivity contribution is 6.37. The first-order valence-corrected chi connectivity index (χ1v) is 8.25. The zero-order valence-electron chi connectivity index (χ0n) is 14.1. The molecule has 1 N–H and O–H groups in total. The van der Waals surface area contributed by atoms with E-state index in [1.54, 1.807) is 44.4 Å². The lowest BCUT2D eigenvalue weighted by Gasteiger charge is -2.09. The number of amides is 1. The fourth-order valence-electron chi connectivity index (χ4n) is 1.91. The number of pyridine rings is 1. The number of nitrogens with one attached hydrogen (secondary N) is 1. The van der Waals surface area contributed by atoms with Crippen LogP contribution in [0.2, 0.25) is 10.0 Å². The number of aromatic nitrogens is 1. The monoisotopic (exact) mass is 394 g/mol. The molecule has 0 saturated carbocycles. The van der Waals surface area contributed by atoms with Gasteiger partial charge in [-0.25, -0.2) is 9.78 Å². The van der Waals surface area contributed by atoms with Gasteiger partial charge in [-0.2, -0.15) is 0 Å². The van der Waals surface area contributed by atoms with E-state index in [1.165, 1.54) is 12.3 Å². The SMILES string of the molecule is COc1cccc(C=CC(=O)OCC(=O)Nc2ncc(Cl)c(C)c2Cl)c1. The van der Waals surface area contributed by atoms with Gasteiger partial charge in [-0.05, 0) is 36.3 Å². The minimum absolute atomic E-state index is 0.154. The fourth-order valence-corrected chi connectivity index (χ4v) is 2.30. The molecule has 136 valence electrons. The summed E-state index contributed by atoms with van der Waals surface area (Å²) in [6.07, 6.45) is 4.16. The molecule has 1 heterocycles. The third-order valence-electron chi connectivity index (χ3n) is 3.31. The molecule has 0 bridgehead atoms. The highest BCUT2D eigenvalue weighted by Gasteiger charge is 2.12. The fraction of sp³-hybridized carbons (Fsp3) is 0.167. The smallest absolute Gasteiger partial charge is 0.331 e. The Hall–Kier alpha value is -2.57. The van der Waals surface area contributed by atoms with Crippen LogP contribution >= 0.6 is 23.2 Å². The van der Waals surface area contributed by atoms with Crippen LogP contribution in [0.1, 0.15) is 11.1 Å². The van der Waals surface area contributed by atoms with Crippen molar-refractivity contribution in [3.63, 3.8) is 0 Å². The van der Waals surface area contributed by atoms with Crippen molar-refractivity contribution in [2.75, 3.05) is 19.0 Å². The summed E-state index contributed by atoms with van der Waals surface area (Å²) in [5.74, 6) is -0.400. The lowest BCUT2D eigenvalue weighted by molar-refractivity contribution is -0.142. The lowest BCUT2D eigenvalue weighted by Crippen LogP contribution is -2.21. The Morgan fingerprint density at radius 2 is 2.08 bits per heavy atom. The molecule has 8 heteroatoms. The van der Waals surface area contributed by atoms with E-state index < -0.39 is 18.5 Å². The number of methoxy groups -OCH3 is 1. The molecule has 0 aliphatic carbocycles. The third kappa shape index (κ3) is 5.47. The molecule has 0 spiro atoms. The van der Waals surface area contributed by atoms with Crippen LogP contribution in [0.15, 0.2) is 36.5 Å². The van der Waals surface area contributed by atoms with Crippen LogP contribution in [0, 0.1) is 6.92 Å². The number of halogens is 2. The minimum atomic E-state index is -0.658. The van der Waals surface area contributed by atoms with Gasteiger partial charge in [-0.15, -0.1) is 0 Å². The second-order valence-corrected chi connectivity index (χ2v) is 5.94. The highest BCUT2D eigenvalue weighted by atomic mass is 35.5. The Morgan fingerprint density at radius 3 is 2.81 bits per heavy atom. The first kappa shape index (κ1) is 19.8. The van der Waals surface area contributed by atoms with Crippen molar-refractivity contribution in [2.24, 2.45) is 0 Å². The molecule has 0 atom stereocenters. The predicted molar refractivity (Wildman–Crippen MR) is 101 cm³/mol. The van der Waals surface area contributed by atoms with Gasteiger partial charge in [0.15, 0.2) is 12.4 Å². The normalized spacial score (nSPS) is 10.6. The molecule has 2 aromatic rings. The number of ether oxygens (including phenoxy) is 2. The predicted octanol–water partition coefficient (Wildman–Crippen LogP) is 3.90. The van der Waals surface area contributed by atoms with Crippen LogP contribution in [-0.4, -0.2) is 30.6 Å². The molecular formula is C18H16Cl2N2O4. The number of nitrogens with zero attached hydrogens (tertiary/aromatic N) is 1. The van der Waals surface area contributed by atoms with E-state index in [2.05, 4.69) is 10.3 Å². The summed E-state index contributed by atoms with van der Waals surface area (Å²) in [6, 6.07) is 7.14. The van der Waals surface area contributed by atoms with Crippen molar-refractivity contribution in [3.05, 3.63) is 57.7 Å². The van der Waals surface area contributed by atoms with Gasteiger partial charge in [0.05, 0.1) is 17.2 Å². The molecule has 1 aromatic heterocycles. The average Bonchev–Trinajstić information content (AvgIpc) is 2.65. The van der Waals surface area contributed by atoms with E-state index in [-0.39, 0.29) is 10.8 Å². The van der Waals surface area contributed by atoms with Gasteiger partial charge >= 0.3 is 5.97 Å². The van der Waals surface area contributed by atoms with Gasteiger partial charge in [0.2, 0.25) is 0 Å². The van der Waals surface area contributed by atoms with Crippen LogP contribution < -0.4 is 10.1 Å². The maximum absolute atomic E-state index is 11.9. The van der Waals surface area contributed by atoms with E-state index in [0.717, 1.165) is 5.56 Å². The van der Waals surface area contributed by atoms with Crippen LogP contribution in [0.25, 0.3) is 6.08 Å². The molecule has 0 aliphatic heterocycles. The molecule has 1 aromatic carbocycles. The zero-order valence-corrected chi connectivity index (χ0v) is 15.6. The number of carbonyl (C=O) groups is 2. The van der Waals surface area contributed by atoms with Crippen molar-refractivity contribution in [3.8, 4) is 5.75 Å². The first-order chi connectivity index (χ1) is 12.4. The highest BCUT2D eigenvalue weighted by Crippen LogP contribution is 2.28. The number of anilines is 1. The first-order valence-electron chi connectivity index (χ1n) is 7.50. The molecular weight excluding hydrogens is 379 g/mol. The van der Waals surface area contributed by atoms with Gasteiger partial charge < -0.3 is 14.8 Å². The summed E-state index contributed by atoms with van der Waals surface area (Å²) in [5.41, 5.74) is 1.36. The largest absolute Gasteiger partial charge is 0.497 e. The number of hydrogen-bond acceptors (Lipinski definition) is 5. The topological polar surface area (TPSA) is 77.5 Å². The van der Waals surface area contributed by atoms with E-state index >= 15 is 0 Å². The summed E-state index contributed by atoms with van der Waals surface area (Å²) in [6.45, 7) is 1.23. The number of carbonyl (C=O) groups excluding carboxylic acids is 2. The third-order valence-corrected chi connectivity index (χ3v) is 4.15. The molecule has 6 nitrogen and oxygen atoms in total. The number of benzene rings is 1. The van der Waals surface area contributed by atoms with Gasteiger partial charge in [-0.1, -0.05) is 35.3 Å². The second kappa shape index (κ2) is 9.22. The van der Waals surface area contributed by atoms with E-state index in [1.807, 2.05) is 0 Å². The second-order valence-electron chi connectivity index (χ2n) is 5.16. The maximum Gasteiger partial charge on any atom is 0.331 e. The van der Waals surface area contributed by atoms with Gasteiger partial charge in [0, 0.05) is 12.3 Å². The molecule has 2 rings (SSSR count). The molecule has 1 amide bonds. The number of esters is 1. The van der Waals surface area contributed by atoms with Gasteiger partial charge in [-0.3, -0.25) is 4.79 Å².